The average Bonchev–Trinajstić information content (AvgIpc) is 2.87. The van der Waals surface area contributed by atoms with Gasteiger partial charge in [0.1, 0.15) is 0 Å². The molecule has 2 rings (SSSR count). The third kappa shape index (κ3) is 3.19. The molecule has 18 heavy (non-hydrogen) atoms. The lowest BCUT2D eigenvalue weighted by Gasteiger charge is -2.19. The Kier molecular flexibility index (Phi) is 4.53. The van der Waals surface area contributed by atoms with Gasteiger partial charge in [-0.2, -0.15) is 0 Å². The van der Waals surface area contributed by atoms with Gasteiger partial charge in [0, 0.05) is 11.4 Å². The Labute approximate surface area is 112 Å². The molecule has 0 saturated carbocycles. The van der Waals surface area contributed by atoms with Gasteiger partial charge in [0.15, 0.2) is 0 Å². The van der Waals surface area contributed by atoms with Crippen LogP contribution in [0, 0.1) is 13.8 Å². The highest BCUT2D eigenvalue weighted by molar-refractivity contribution is 7.09. The van der Waals surface area contributed by atoms with E-state index in [2.05, 4.69) is 48.8 Å². The standard InChI is InChI=1S/C15H19NOS/c1-11-5-6-12(2)14(8-11)15(10-17)16-9-13-4-3-7-18-13/h3-8,15-17H,9-10H2,1-2H3. The summed E-state index contributed by atoms with van der Waals surface area (Å²) in [4.78, 5) is 1.29. The van der Waals surface area contributed by atoms with Crippen molar-refractivity contribution in [3.63, 3.8) is 0 Å². The van der Waals surface area contributed by atoms with Crippen LogP contribution in [-0.2, 0) is 6.54 Å². The first kappa shape index (κ1) is 13.3. The van der Waals surface area contributed by atoms with E-state index in [-0.39, 0.29) is 12.6 Å². The van der Waals surface area contributed by atoms with E-state index in [1.807, 2.05) is 6.07 Å². The molecular weight excluding hydrogens is 242 g/mol. The second kappa shape index (κ2) is 6.14. The minimum Gasteiger partial charge on any atom is -0.394 e. The van der Waals surface area contributed by atoms with E-state index in [0.29, 0.717) is 0 Å². The van der Waals surface area contributed by atoms with Crippen molar-refractivity contribution in [2.75, 3.05) is 6.61 Å². The summed E-state index contributed by atoms with van der Waals surface area (Å²) < 4.78 is 0. The predicted octanol–water partition coefficient (Wildman–Crippen LogP) is 3.19. The van der Waals surface area contributed by atoms with E-state index >= 15 is 0 Å². The summed E-state index contributed by atoms with van der Waals surface area (Å²) >= 11 is 1.73. The average molecular weight is 261 g/mol. The molecular formula is C15H19NOS. The van der Waals surface area contributed by atoms with Gasteiger partial charge in [-0.1, -0.05) is 29.8 Å². The molecule has 96 valence electrons. The van der Waals surface area contributed by atoms with Crippen LogP contribution in [0.5, 0.6) is 0 Å². The lowest BCUT2D eigenvalue weighted by Crippen LogP contribution is -2.24. The molecule has 0 aliphatic carbocycles. The molecule has 0 spiro atoms. The highest BCUT2D eigenvalue weighted by atomic mass is 32.1. The summed E-state index contributed by atoms with van der Waals surface area (Å²) in [5.41, 5.74) is 3.64. The van der Waals surface area contributed by atoms with E-state index < -0.39 is 0 Å². The van der Waals surface area contributed by atoms with Crippen LogP contribution in [0.1, 0.15) is 27.6 Å². The molecule has 2 N–H and O–H groups in total. The fourth-order valence-corrected chi connectivity index (χ4v) is 2.70. The van der Waals surface area contributed by atoms with Crippen LogP contribution in [0.15, 0.2) is 35.7 Å². The maximum Gasteiger partial charge on any atom is 0.0626 e. The Morgan fingerprint density at radius 3 is 2.78 bits per heavy atom. The van der Waals surface area contributed by atoms with Crippen LogP contribution in [0.2, 0.25) is 0 Å². The third-order valence-corrected chi connectivity index (χ3v) is 3.97. The van der Waals surface area contributed by atoms with Gasteiger partial charge < -0.3 is 10.4 Å². The van der Waals surface area contributed by atoms with E-state index in [0.717, 1.165) is 6.54 Å². The van der Waals surface area contributed by atoms with Crippen molar-refractivity contribution < 1.29 is 5.11 Å². The first-order valence-corrected chi connectivity index (χ1v) is 7.02. The zero-order valence-corrected chi connectivity index (χ0v) is 11.6. The number of hydrogen-bond donors (Lipinski definition) is 2. The van der Waals surface area contributed by atoms with E-state index in [1.54, 1.807) is 11.3 Å². The zero-order chi connectivity index (χ0) is 13.0. The molecule has 3 heteroatoms. The van der Waals surface area contributed by atoms with Crippen molar-refractivity contribution in [1.29, 1.82) is 0 Å². The van der Waals surface area contributed by atoms with Gasteiger partial charge >= 0.3 is 0 Å². The summed E-state index contributed by atoms with van der Waals surface area (Å²) in [5, 5.41) is 15.1. The summed E-state index contributed by atoms with van der Waals surface area (Å²) in [7, 11) is 0. The van der Waals surface area contributed by atoms with Crippen molar-refractivity contribution in [1.82, 2.24) is 5.32 Å². The zero-order valence-electron chi connectivity index (χ0n) is 10.8. The van der Waals surface area contributed by atoms with Gasteiger partial charge in [0.05, 0.1) is 12.6 Å². The molecule has 2 aromatic rings. The molecule has 1 aromatic carbocycles. The van der Waals surface area contributed by atoms with Gasteiger partial charge in [0.2, 0.25) is 0 Å². The molecule has 0 aliphatic rings. The molecule has 1 heterocycles. The van der Waals surface area contributed by atoms with Gasteiger partial charge in [-0.05, 0) is 36.4 Å². The summed E-state index contributed by atoms with van der Waals surface area (Å²) in [6.07, 6.45) is 0. The van der Waals surface area contributed by atoms with E-state index in [9.17, 15) is 5.11 Å². The minimum absolute atomic E-state index is 0.00648. The summed E-state index contributed by atoms with van der Waals surface area (Å²) in [5.74, 6) is 0. The fraction of sp³-hybridized carbons (Fsp3) is 0.333. The van der Waals surface area contributed by atoms with Crippen molar-refractivity contribution in [3.05, 3.63) is 57.3 Å². The number of aliphatic hydroxyl groups is 1. The Balaban J connectivity index is 2.10. The van der Waals surface area contributed by atoms with E-state index in [1.165, 1.54) is 21.6 Å². The molecule has 1 unspecified atom stereocenters. The molecule has 0 saturated heterocycles. The molecule has 0 aliphatic heterocycles. The fourth-order valence-electron chi connectivity index (χ4n) is 2.05. The normalized spacial score (nSPS) is 12.6. The highest BCUT2D eigenvalue weighted by Crippen LogP contribution is 2.20. The molecule has 1 atom stereocenters. The van der Waals surface area contributed by atoms with Gasteiger partial charge in [-0.15, -0.1) is 11.3 Å². The molecule has 0 radical (unpaired) electrons. The predicted molar refractivity (Wildman–Crippen MR) is 76.9 cm³/mol. The molecule has 0 fully saturated rings. The van der Waals surface area contributed by atoms with Gasteiger partial charge in [-0.3, -0.25) is 0 Å². The van der Waals surface area contributed by atoms with Crippen LogP contribution in [0.25, 0.3) is 0 Å². The first-order valence-electron chi connectivity index (χ1n) is 6.14. The Morgan fingerprint density at radius 1 is 1.28 bits per heavy atom. The van der Waals surface area contributed by atoms with Crippen molar-refractivity contribution >= 4 is 11.3 Å². The second-order valence-electron chi connectivity index (χ2n) is 4.56. The molecule has 0 amide bonds. The lowest BCUT2D eigenvalue weighted by molar-refractivity contribution is 0.243. The van der Waals surface area contributed by atoms with Crippen LogP contribution < -0.4 is 5.32 Å². The van der Waals surface area contributed by atoms with Crippen molar-refractivity contribution in [2.45, 2.75) is 26.4 Å². The van der Waals surface area contributed by atoms with Gasteiger partial charge in [0.25, 0.3) is 0 Å². The maximum atomic E-state index is 9.56. The topological polar surface area (TPSA) is 32.3 Å². The Morgan fingerprint density at radius 2 is 2.11 bits per heavy atom. The molecule has 0 bridgehead atoms. The SMILES string of the molecule is Cc1ccc(C)c(C(CO)NCc2cccs2)c1. The van der Waals surface area contributed by atoms with Crippen LogP contribution >= 0.6 is 11.3 Å². The largest absolute Gasteiger partial charge is 0.394 e. The number of benzene rings is 1. The van der Waals surface area contributed by atoms with Crippen molar-refractivity contribution in [3.8, 4) is 0 Å². The Hall–Kier alpha value is -1.16. The first-order chi connectivity index (χ1) is 8.70. The molecule has 2 nitrogen and oxygen atoms in total. The van der Waals surface area contributed by atoms with Gasteiger partial charge in [-0.25, -0.2) is 0 Å². The summed E-state index contributed by atoms with van der Waals surface area (Å²) in [6, 6.07) is 10.5. The van der Waals surface area contributed by atoms with Crippen LogP contribution in [0.4, 0.5) is 0 Å². The smallest absolute Gasteiger partial charge is 0.0626 e. The minimum atomic E-state index is 0.00648. The monoisotopic (exact) mass is 261 g/mol. The maximum absolute atomic E-state index is 9.56. The lowest BCUT2D eigenvalue weighted by atomic mass is 9.99. The number of hydrogen-bond acceptors (Lipinski definition) is 3. The summed E-state index contributed by atoms with van der Waals surface area (Å²) in [6.45, 7) is 5.09. The number of aliphatic hydroxyl groups excluding tert-OH is 1. The third-order valence-electron chi connectivity index (χ3n) is 3.10. The van der Waals surface area contributed by atoms with Crippen LogP contribution in [-0.4, -0.2) is 11.7 Å². The Bertz CT molecular complexity index is 493. The number of nitrogens with one attached hydrogen (secondary N) is 1. The number of rotatable bonds is 5. The van der Waals surface area contributed by atoms with E-state index in [4.69, 9.17) is 0 Å². The van der Waals surface area contributed by atoms with Crippen LogP contribution in [0.3, 0.4) is 0 Å². The van der Waals surface area contributed by atoms with Crippen molar-refractivity contribution in [2.24, 2.45) is 0 Å². The number of thiophene rings is 1. The molecule has 1 aromatic heterocycles. The second-order valence-corrected chi connectivity index (χ2v) is 5.59. The number of aryl methyl sites for hydroxylation is 2. The quantitative estimate of drug-likeness (QED) is 0.866. The highest BCUT2D eigenvalue weighted by Gasteiger charge is 2.12.